The molecule has 0 spiro atoms. The summed E-state index contributed by atoms with van der Waals surface area (Å²) in [5, 5.41) is 3.81. The second-order valence-electron chi connectivity index (χ2n) is 2.76. The van der Waals surface area contributed by atoms with Crippen LogP contribution in [0.1, 0.15) is 17.3 Å². The Morgan fingerprint density at radius 3 is 2.93 bits per heavy atom. The number of nitrogens with zero attached hydrogens (tertiary/aromatic N) is 3. The van der Waals surface area contributed by atoms with Crippen molar-refractivity contribution in [1.82, 2.24) is 0 Å². The molecule has 0 fully saturated rings. The molecule has 14 heavy (non-hydrogen) atoms. The van der Waals surface area contributed by atoms with Crippen molar-refractivity contribution in [2.24, 2.45) is 5.11 Å². The van der Waals surface area contributed by atoms with Crippen molar-refractivity contribution in [3.05, 3.63) is 45.3 Å². The van der Waals surface area contributed by atoms with Gasteiger partial charge in [0.25, 0.3) is 0 Å². The Balaban J connectivity index is 2.94. The first-order chi connectivity index (χ1) is 6.65. The summed E-state index contributed by atoms with van der Waals surface area (Å²) in [6, 6.07) is 5.85. The molecule has 0 bridgehead atoms. The topological polar surface area (TPSA) is 65.8 Å². The molecule has 0 N–H and O–H groups in total. The van der Waals surface area contributed by atoms with E-state index in [1.807, 2.05) is 0 Å². The SMILES string of the molecule is CC(N=[N+]=[N-])C(=O)c1cccc(Cl)c1. The number of azide groups is 1. The van der Waals surface area contributed by atoms with E-state index >= 15 is 0 Å². The predicted octanol–water partition coefficient (Wildman–Crippen LogP) is 3.22. The van der Waals surface area contributed by atoms with Crippen LogP contribution < -0.4 is 0 Å². The first-order valence-corrected chi connectivity index (χ1v) is 4.37. The zero-order valence-electron chi connectivity index (χ0n) is 7.51. The van der Waals surface area contributed by atoms with Crippen LogP contribution in [0.2, 0.25) is 5.02 Å². The van der Waals surface area contributed by atoms with E-state index in [-0.39, 0.29) is 5.78 Å². The lowest BCUT2D eigenvalue weighted by Crippen LogP contribution is -2.13. The lowest BCUT2D eigenvalue weighted by molar-refractivity contribution is 0.0968. The minimum atomic E-state index is -0.696. The fourth-order valence-corrected chi connectivity index (χ4v) is 1.20. The molecule has 0 aliphatic rings. The third kappa shape index (κ3) is 2.49. The predicted molar refractivity (Wildman–Crippen MR) is 54.4 cm³/mol. The number of ketones is 1. The van der Waals surface area contributed by atoms with E-state index in [9.17, 15) is 4.79 Å². The van der Waals surface area contributed by atoms with Crippen LogP contribution in [-0.2, 0) is 0 Å². The van der Waals surface area contributed by atoms with Crippen LogP contribution in [0.15, 0.2) is 29.4 Å². The summed E-state index contributed by atoms with van der Waals surface area (Å²) in [5.74, 6) is -0.231. The molecule has 0 saturated carbocycles. The summed E-state index contributed by atoms with van der Waals surface area (Å²) < 4.78 is 0. The largest absolute Gasteiger partial charge is 0.294 e. The second-order valence-corrected chi connectivity index (χ2v) is 3.19. The summed E-state index contributed by atoms with van der Waals surface area (Å²) in [5.41, 5.74) is 8.62. The number of benzene rings is 1. The van der Waals surface area contributed by atoms with Gasteiger partial charge in [-0.15, -0.1) is 0 Å². The molecule has 1 unspecified atom stereocenters. The zero-order chi connectivity index (χ0) is 10.6. The normalized spacial score (nSPS) is 11.6. The standard InChI is InChI=1S/C9H8ClN3O/c1-6(12-13-11)9(14)7-3-2-4-8(10)5-7/h2-6H,1H3. The Labute approximate surface area is 86.1 Å². The molecule has 0 aliphatic heterocycles. The maximum absolute atomic E-state index is 11.6. The van der Waals surface area contributed by atoms with Crippen molar-refractivity contribution in [2.75, 3.05) is 0 Å². The average molecular weight is 210 g/mol. The van der Waals surface area contributed by atoms with Crippen LogP contribution in [-0.4, -0.2) is 11.8 Å². The first-order valence-electron chi connectivity index (χ1n) is 3.99. The van der Waals surface area contributed by atoms with Gasteiger partial charge in [0.1, 0.15) is 0 Å². The molecule has 4 nitrogen and oxygen atoms in total. The molecule has 0 amide bonds. The molecule has 0 heterocycles. The lowest BCUT2D eigenvalue weighted by atomic mass is 10.1. The highest BCUT2D eigenvalue weighted by Crippen LogP contribution is 2.13. The monoisotopic (exact) mass is 209 g/mol. The van der Waals surface area contributed by atoms with E-state index in [0.717, 1.165) is 0 Å². The van der Waals surface area contributed by atoms with E-state index in [1.165, 1.54) is 0 Å². The number of rotatable bonds is 3. The third-order valence-corrected chi connectivity index (χ3v) is 1.95. The number of Topliss-reactive ketones (excluding diaryl/α,β-unsaturated/α-hetero) is 1. The Kier molecular flexibility index (Phi) is 3.51. The van der Waals surface area contributed by atoms with Gasteiger partial charge in [-0.2, -0.15) is 0 Å². The van der Waals surface area contributed by atoms with Crippen LogP contribution in [0, 0.1) is 0 Å². The molecule has 1 aromatic rings. The Morgan fingerprint density at radius 1 is 1.64 bits per heavy atom. The first kappa shape index (κ1) is 10.6. The van der Waals surface area contributed by atoms with E-state index in [2.05, 4.69) is 10.0 Å². The van der Waals surface area contributed by atoms with Crippen LogP contribution >= 0.6 is 11.6 Å². The Bertz CT molecular complexity index is 399. The van der Waals surface area contributed by atoms with Crippen molar-refractivity contribution < 1.29 is 4.79 Å². The quantitative estimate of drug-likeness (QED) is 0.326. The van der Waals surface area contributed by atoms with E-state index in [4.69, 9.17) is 17.1 Å². The maximum Gasteiger partial charge on any atom is 0.171 e. The van der Waals surface area contributed by atoms with Gasteiger partial charge in [-0.05, 0) is 24.6 Å². The molecule has 1 aromatic carbocycles. The van der Waals surface area contributed by atoms with E-state index in [0.29, 0.717) is 10.6 Å². The summed E-state index contributed by atoms with van der Waals surface area (Å²) in [6.45, 7) is 1.54. The molecule has 0 radical (unpaired) electrons. The number of carbonyl (C=O) groups excluding carboxylic acids is 1. The van der Waals surface area contributed by atoms with E-state index in [1.54, 1.807) is 31.2 Å². The maximum atomic E-state index is 11.6. The summed E-state index contributed by atoms with van der Waals surface area (Å²) in [6.07, 6.45) is 0. The van der Waals surface area contributed by atoms with Gasteiger partial charge in [0.15, 0.2) is 5.78 Å². The fourth-order valence-electron chi connectivity index (χ4n) is 1.01. The van der Waals surface area contributed by atoms with Gasteiger partial charge in [0, 0.05) is 15.5 Å². The van der Waals surface area contributed by atoms with Crippen molar-refractivity contribution in [3.8, 4) is 0 Å². The molecule has 0 aliphatic carbocycles. The molecular formula is C9H8ClN3O. The number of hydrogen-bond donors (Lipinski definition) is 0. The lowest BCUT2D eigenvalue weighted by Gasteiger charge is -2.03. The summed E-state index contributed by atoms with van der Waals surface area (Å²) in [4.78, 5) is 14.1. The van der Waals surface area contributed by atoms with Gasteiger partial charge in [-0.1, -0.05) is 28.8 Å². The minimum Gasteiger partial charge on any atom is -0.294 e. The highest BCUT2D eigenvalue weighted by atomic mass is 35.5. The third-order valence-electron chi connectivity index (χ3n) is 1.71. The highest BCUT2D eigenvalue weighted by molar-refractivity contribution is 6.31. The van der Waals surface area contributed by atoms with Crippen molar-refractivity contribution in [2.45, 2.75) is 13.0 Å². The molecule has 72 valence electrons. The second kappa shape index (κ2) is 4.65. The smallest absolute Gasteiger partial charge is 0.171 e. The molecule has 1 atom stereocenters. The minimum absolute atomic E-state index is 0.231. The summed E-state index contributed by atoms with van der Waals surface area (Å²) >= 11 is 5.72. The fraction of sp³-hybridized carbons (Fsp3) is 0.222. The Hall–Kier alpha value is -1.51. The zero-order valence-corrected chi connectivity index (χ0v) is 8.27. The number of halogens is 1. The van der Waals surface area contributed by atoms with E-state index < -0.39 is 6.04 Å². The summed E-state index contributed by atoms with van der Waals surface area (Å²) in [7, 11) is 0. The van der Waals surface area contributed by atoms with Crippen molar-refractivity contribution >= 4 is 17.4 Å². The van der Waals surface area contributed by atoms with Crippen LogP contribution in [0.3, 0.4) is 0 Å². The number of carbonyl (C=O) groups is 1. The molecule has 0 saturated heterocycles. The van der Waals surface area contributed by atoms with Crippen LogP contribution in [0.4, 0.5) is 0 Å². The van der Waals surface area contributed by atoms with Gasteiger partial charge < -0.3 is 0 Å². The number of hydrogen-bond acceptors (Lipinski definition) is 2. The van der Waals surface area contributed by atoms with Gasteiger partial charge in [0.2, 0.25) is 0 Å². The van der Waals surface area contributed by atoms with Gasteiger partial charge >= 0.3 is 0 Å². The molecule has 5 heteroatoms. The van der Waals surface area contributed by atoms with Crippen molar-refractivity contribution in [1.29, 1.82) is 0 Å². The van der Waals surface area contributed by atoms with Gasteiger partial charge in [0.05, 0.1) is 6.04 Å². The van der Waals surface area contributed by atoms with Crippen molar-refractivity contribution in [3.63, 3.8) is 0 Å². The molecular weight excluding hydrogens is 202 g/mol. The average Bonchev–Trinajstić information content (AvgIpc) is 2.17. The Morgan fingerprint density at radius 2 is 2.36 bits per heavy atom. The van der Waals surface area contributed by atoms with Gasteiger partial charge in [-0.3, -0.25) is 4.79 Å². The molecule has 0 aromatic heterocycles. The highest BCUT2D eigenvalue weighted by Gasteiger charge is 2.13. The molecule has 1 rings (SSSR count). The van der Waals surface area contributed by atoms with Crippen LogP contribution in [0.5, 0.6) is 0 Å². The van der Waals surface area contributed by atoms with Crippen LogP contribution in [0.25, 0.3) is 10.4 Å². The van der Waals surface area contributed by atoms with Gasteiger partial charge in [-0.25, -0.2) is 0 Å².